The fourth-order valence-corrected chi connectivity index (χ4v) is 4.38. The number of aliphatic imine (C=N–C) groups is 1. The first-order chi connectivity index (χ1) is 18.4. The number of hydrogen-bond donors (Lipinski definition) is 4. The van der Waals surface area contributed by atoms with Crippen molar-refractivity contribution in [2.24, 2.45) is 4.99 Å². The zero-order chi connectivity index (χ0) is 26.8. The van der Waals surface area contributed by atoms with E-state index in [1.807, 2.05) is 24.4 Å². The van der Waals surface area contributed by atoms with Crippen LogP contribution in [-0.2, 0) is 6.42 Å². The predicted molar refractivity (Wildman–Crippen MR) is 144 cm³/mol. The summed E-state index contributed by atoms with van der Waals surface area (Å²) in [6.45, 7) is -0.401. The van der Waals surface area contributed by atoms with Crippen molar-refractivity contribution in [3.05, 3.63) is 78.0 Å². The number of aromatic amines is 1. The van der Waals surface area contributed by atoms with E-state index < -0.39 is 12.5 Å². The number of nitrogens with one attached hydrogen (secondary N) is 1. The largest absolute Gasteiger partial charge is 0.504 e. The summed E-state index contributed by atoms with van der Waals surface area (Å²) in [4.78, 5) is 25.6. The van der Waals surface area contributed by atoms with Crippen LogP contribution in [0.3, 0.4) is 0 Å². The van der Waals surface area contributed by atoms with Crippen molar-refractivity contribution in [3.8, 4) is 34.3 Å². The van der Waals surface area contributed by atoms with Crippen LogP contribution in [0.25, 0.3) is 33.1 Å². The normalized spacial score (nSPS) is 11.7. The second kappa shape index (κ2) is 10.2. The van der Waals surface area contributed by atoms with Gasteiger partial charge in [0.25, 0.3) is 5.91 Å². The van der Waals surface area contributed by atoms with Crippen molar-refractivity contribution in [2.45, 2.75) is 6.42 Å². The fraction of sp³-hybridized carbons (Fsp3) is 0.138. The topological polar surface area (TPSA) is 137 Å². The summed E-state index contributed by atoms with van der Waals surface area (Å²) in [6, 6.07) is 17.2. The monoisotopic (exact) mass is 511 g/mol. The van der Waals surface area contributed by atoms with Gasteiger partial charge in [0.05, 0.1) is 43.3 Å². The second-order valence-corrected chi connectivity index (χ2v) is 8.66. The number of aromatic hydroxyl groups is 2. The number of rotatable bonds is 7. The summed E-state index contributed by atoms with van der Waals surface area (Å²) in [5.74, 6) is -0.539. The van der Waals surface area contributed by atoms with Crippen molar-refractivity contribution in [2.75, 3.05) is 20.8 Å². The lowest BCUT2D eigenvalue weighted by molar-refractivity contribution is 0.100. The number of pyridine rings is 1. The molecule has 9 heteroatoms. The van der Waals surface area contributed by atoms with Crippen molar-refractivity contribution in [1.29, 1.82) is 0 Å². The van der Waals surface area contributed by atoms with E-state index in [0.717, 1.165) is 16.5 Å². The molecule has 0 bridgehead atoms. The number of ether oxygens (including phenoxy) is 2. The van der Waals surface area contributed by atoms with E-state index in [-0.39, 0.29) is 29.2 Å². The number of carbonyl (C=O) groups excluding carboxylic acids is 1. The summed E-state index contributed by atoms with van der Waals surface area (Å²) in [5, 5.41) is 31.7. The summed E-state index contributed by atoms with van der Waals surface area (Å²) in [5.41, 5.74) is 3.72. The Morgan fingerprint density at radius 2 is 1.82 bits per heavy atom. The minimum Gasteiger partial charge on any atom is -0.504 e. The van der Waals surface area contributed by atoms with Gasteiger partial charge in [0.2, 0.25) is 5.75 Å². The molecular weight excluding hydrogens is 486 g/mol. The molecule has 4 N–H and O–H groups in total. The number of fused-ring (bicyclic) bond motifs is 2. The average molecular weight is 512 g/mol. The molecule has 9 nitrogen and oxygen atoms in total. The summed E-state index contributed by atoms with van der Waals surface area (Å²) in [6.07, 6.45) is 2.08. The maximum absolute atomic E-state index is 13.5. The van der Waals surface area contributed by atoms with E-state index in [1.165, 1.54) is 19.2 Å². The van der Waals surface area contributed by atoms with Gasteiger partial charge in [0.15, 0.2) is 11.5 Å². The highest BCUT2D eigenvalue weighted by Gasteiger charge is 2.18. The van der Waals surface area contributed by atoms with Crippen LogP contribution in [-0.4, -0.2) is 57.7 Å². The van der Waals surface area contributed by atoms with Crippen molar-refractivity contribution < 1.29 is 29.6 Å². The molecule has 1 amide bonds. The molecule has 0 saturated heterocycles. The number of phenols is 2. The van der Waals surface area contributed by atoms with Gasteiger partial charge in [-0.1, -0.05) is 18.2 Å². The number of carbonyl (C=O) groups is 1. The molecule has 0 aliphatic rings. The molecule has 192 valence electrons. The Morgan fingerprint density at radius 3 is 2.58 bits per heavy atom. The maximum Gasteiger partial charge on any atom is 0.277 e. The first-order valence-corrected chi connectivity index (χ1v) is 11.8. The maximum atomic E-state index is 13.5. The Balaban J connectivity index is 1.56. The SMILES string of the molecule is COc1ccc2[nH]cc(C/C(CO)=N/C(=O)c3cc(-c4cc(O)c(O)c(OC)c4)nc4ccccc34)c2c1. The summed E-state index contributed by atoms with van der Waals surface area (Å²) in [7, 11) is 2.96. The quantitative estimate of drug-likeness (QED) is 0.185. The zero-order valence-corrected chi connectivity index (χ0v) is 20.7. The van der Waals surface area contributed by atoms with Crippen molar-refractivity contribution in [1.82, 2.24) is 9.97 Å². The minimum absolute atomic E-state index is 0.0683. The number of methoxy groups -OCH3 is 2. The van der Waals surface area contributed by atoms with Gasteiger partial charge >= 0.3 is 0 Å². The molecule has 0 atom stereocenters. The van der Waals surface area contributed by atoms with Gasteiger partial charge in [-0.15, -0.1) is 0 Å². The number of amides is 1. The number of hydrogen-bond acceptors (Lipinski definition) is 7. The van der Waals surface area contributed by atoms with Crippen LogP contribution in [0.15, 0.2) is 71.9 Å². The molecule has 0 fully saturated rings. The molecule has 0 radical (unpaired) electrons. The van der Waals surface area contributed by atoms with Crippen LogP contribution >= 0.6 is 0 Å². The molecule has 2 aromatic heterocycles. The molecule has 0 aliphatic heterocycles. The number of aromatic nitrogens is 2. The molecule has 3 aromatic carbocycles. The molecule has 0 saturated carbocycles. The van der Waals surface area contributed by atoms with Gasteiger partial charge in [0.1, 0.15) is 5.75 Å². The smallest absolute Gasteiger partial charge is 0.277 e. The van der Waals surface area contributed by atoms with Crippen LogP contribution in [0.4, 0.5) is 0 Å². The number of phenolic OH excluding ortho intramolecular Hbond substituents is 2. The van der Waals surface area contributed by atoms with Crippen molar-refractivity contribution >= 4 is 33.4 Å². The van der Waals surface area contributed by atoms with Crippen LogP contribution in [0.5, 0.6) is 23.0 Å². The number of benzene rings is 3. The Labute approximate surface area is 217 Å². The Kier molecular flexibility index (Phi) is 6.68. The molecule has 38 heavy (non-hydrogen) atoms. The molecule has 0 spiro atoms. The standard InChI is InChI=1S/C29H25N3O6/c1-37-19-7-8-23-21(12-19)17(14-30-23)9-18(15-33)31-29(36)22-13-25(32-24-6-4-3-5-20(22)24)16-10-26(34)28(35)27(11-16)38-2/h3-8,10-14,30,33-35H,9,15H2,1-2H3/b31-18-. The van der Waals surface area contributed by atoms with E-state index in [4.69, 9.17) is 9.47 Å². The molecule has 5 aromatic rings. The second-order valence-electron chi connectivity index (χ2n) is 8.66. The highest BCUT2D eigenvalue weighted by molar-refractivity contribution is 6.12. The van der Waals surface area contributed by atoms with Crippen LogP contribution in [0.2, 0.25) is 0 Å². The van der Waals surface area contributed by atoms with Gasteiger partial charge in [-0.25, -0.2) is 9.98 Å². The summed E-state index contributed by atoms with van der Waals surface area (Å²) >= 11 is 0. The number of para-hydroxylation sites is 1. The molecule has 2 heterocycles. The average Bonchev–Trinajstić information content (AvgIpc) is 3.34. The van der Waals surface area contributed by atoms with Crippen LogP contribution in [0, 0.1) is 0 Å². The van der Waals surface area contributed by atoms with Gasteiger partial charge < -0.3 is 29.8 Å². The van der Waals surface area contributed by atoms with Crippen LogP contribution in [0.1, 0.15) is 15.9 Å². The van der Waals surface area contributed by atoms with Gasteiger partial charge in [0, 0.05) is 34.5 Å². The third-order valence-corrected chi connectivity index (χ3v) is 6.33. The first kappa shape index (κ1) is 24.8. The highest BCUT2D eigenvalue weighted by atomic mass is 16.5. The van der Waals surface area contributed by atoms with E-state index in [1.54, 1.807) is 37.4 Å². The number of H-pyrrole nitrogens is 1. The van der Waals surface area contributed by atoms with E-state index in [2.05, 4.69) is 15.0 Å². The van der Waals surface area contributed by atoms with E-state index in [9.17, 15) is 20.1 Å². The first-order valence-electron chi connectivity index (χ1n) is 11.8. The Morgan fingerprint density at radius 1 is 1.00 bits per heavy atom. The Bertz CT molecular complexity index is 1710. The lowest BCUT2D eigenvalue weighted by Gasteiger charge is -2.11. The summed E-state index contributed by atoms with van der Waals surface area (Å²) < 4.78 is 10.5. The third-order valence-electron chi connectivity index (χ3n) is 6.33. The van der Waals surface area contributed by atoms with E-state index in [0.29, 0.717) is 33.6 Å². The molecule has 5 rings (SSSR count). The number of aliphatic hydroxyl groups excluding tert-OH is 1. The Hall–Kier alpha value is -4.89. The third kappa shape index (κ3) is 4.62. The lowest BCUT2D eigenvalue weighted by Crippen LogP contribution is -2.12. The minimum atomic E-state index is -0.540. The highest BCUT2D eigenvalue weighted by Crippen LogP contribution is 2.40. The van der Waals surface area contributed by atoms with Gasteiger partial charge in [-0.05, 0) is 48.0 Å². The molecule has 0 unspecified atom stereocenters. The molecular formula is C29H25N3O6. The fourth-order valence-electron chi connectivity index (χ4n) is 4.38. The predicted octanol–water partition coefficient (Wildman–Crippen LogP) is 4.63. The van der Waals surface area contributed by atoms with E-state index >= 15 is 0 Å². The van der Waals surface area contributed by atoms with Crippen molar-refractivity contribution in [3.63, 3.8) is 0 Å². The van der Waals surface area contributed by atoms with Gasteiger partial charge in [-0.3, -0.25) is 4.79 Å². The number of aliphatic hydroxyl groups is 1. The van der Waals surface area contributed by atoms with Crippen LogP contribution < -0.4 is 9.47 Å². The molecule has 0 aliphatic carbocycles. The van der Waals surface area contributed by atoms with Gasteiger partial charge in [-0.2, -0.15) is 0 Å². The zero-order valence-electron chi connectivity index (χ0n) is 20.7. The number of nitrogens with zero attached hydrogens (tertiary/aromatic N) is 2. The lowest BCUT2D eigenvalue weighted by atomic mass is 10.0.